The van der Waals surface area contributed by atoms with Crippen LogP contribution in [0, 0.1) is 5.92 Å². The summed E-state index contributed by atoms with van der Waals surface area (Å²) >= 11 is 0. The molecule has 0 N–H and O–H groups in total. The van der Waals surface area contributed by atoms with Gasteiger partial charge in [-0.2, -0.15) is 0 Å². The zero-order valence-corrected chi connectivity index (χ0v) is 6.55. The van der Waals surface area contributed by atoms with Gasteiger partial charge in [-0.25, -0.2) is 4.79 Å². The molecule has 0 amide bonds. The highest BCUT2D eigenvalue weighted by atomic mass is 16.5. The molecule has 0 aliphatic carbocycles. The lowest BCUT2D eigenvalue weighted by Gasteiger charge is -2.22. The molecule has 56 valence electrons. The van der Waals surface area contributed by atoms with Crippen molar-refractivity contribution in [1.29, 1.82) is 0 Å². The molecule has 10 heavy (non-hydrogen) atoms. The fraction of sp³-hybridized carbons (Fsp3) is 0.625. The quantitative estimate of drug-likeness (QED) is 0.477. The van der Waals surface area contributed by atoms with Gasteiger partial charge in [-0.3, -0.25) is 0 Å². The van der Waals surface area contributed by atoms with Crippen LogP contribution in [0.25, 0.3) is 0 Å². The second kappa shape index (κ2) is 2.45. The average molecular weight is 140 g/mol. The number of carbonyl (C=O) groups excluding carboxylic acids is 1. The second-order valence-corrected chi connectivity index (χ2v) is 2.82. The van der Waals surface area contributed by atoms with E-state index in [0.29, 0.717) is 5.92 Å². The van der Waals surface area contributed by atoms with E-state index in [2.05, 4.69) is 0 Å². The number of carbonyl (C=O) groups is 1. The molecule has 0 bridgehead atoms. The molecule has 0 saturated carbocycles. The summed E-state index contributed by atoms with van der Waals surface area (Å²) in [5.74, 6) is 0.184. The van der Waals surface area contributed by atoms with E-state index in [-0.39, 0.29) is 12.1 Å². The number of cyclic esters (lactones) is 1. The molecule has 0 fully saturated rings. The lowest BCUT2D eigenvalue weighted by molar-refractivity contribution is -0.146. The highest BCUT2D eigenvalue weighted by Crippen LogP contribution is 2.18. The van der Waals surface area contributed by atoms with Crippen molar-refractivity contribution in [1.82, 2.24) is 0 Å². The van der Waals surface area contributed by atoms with Crippen molar-refractivity contribution in [3.8, 4) is 0 Å². The van der Waals surface area contributed by atoms with Crippen molar-refractivity contribution in [2.45, 2.75) is 26.9 Å². The van der Waals surface area contributed by atoms with Gasteiger partial charge < -0.3 is 4.74 Å². The molecule has 1 aliphatic rings. The molecule has 1 aliphatic heterocycles. The van der Waals surface area contributed by atoms with Gasteiger partial charge in [0.2, 0.25) is 0 Å². The summed E-state index contributed by atoms with van der Waals surface area (Å²) in [6, 6.07) is 0. The van der Waals surface area contributed by atoms with Crippen molar-refractivity contribution in [2.24, 2.45) is 5.92 Å². The summed E-state index contributed by atoms with van der Waals surface area (Å²) in [6.45, 7) is 5.73. The summed E-state index contributed by atoms with van der Waals surface area (Å²) in [4.78, 5) is 10.9. The van der Waals surface area contributed by atoms with Crippen LogP contribution in [0.15, 0.2) is 11.6 Å². The summed E-state index contributed by atoms with van der Waals surface area (Å²) in [7, 11) is 0. The van der Waals surface area contributed by atoms with Crippen LogP contribution in [0.5, 0.6) is 0 Å². The number of esters is 1. The lowest BCUT2D eigenvalue weighted by Crippen LogP contribution is -2.26. The van der Waals surface area contributed by atoms with Gasteiger partial charge in [0, 0.05) is 11.5 Å². The standard InChI is InChI=1S/C8H12O2/c1-5-4-6(2)8(9)10-7(5)3/h4-5,7H,1-3H3. The number of hydrogen-bond acceptors (Lipinski definition) is 2. The van der Waals surface area contributed by atoms with Crippen molar-refractivity contribution in [3.63, 3.8) is 0 Å². The van der Waals surface area contributed by atoms with Gasteiger partial charge in [-0.15, -0.1) is 0 Å². The van der Waals surface area contributed by atoms with Gasteiger partial charge in [0.05, 0.1) is 0 Å². The summed E-state index contributed by atoms with van der Waals surface area (Å²) in [5, 5.41) is 0. The van der Waals surface area contributed by atoms with Gasteiger partial charge in [0.15, 0.2) is 0 Å². The van der Waals surface area contributed by atoms with Gasteiger partial charge in [-0.05, 0) is 13.8 Å². The molecule has 0 saturated heterocycles. The molecule has 2 unspecified atom stereocenters. The lowest BCUT2D eigenvalue weighted by atomic mass is 10.0. The first kappa shape index (κ1) is 7.32. The predicted octanol–water partition coefficient (Wildman–Crippen LogP) is 1.51. The highest BCUT2D eigenvalue weighted by molar-refractivity contribution is 5.88. The van der Waals surface area contributed by atoms with Crippen LogP contribution >= 0.6 is 0 Å². The van der Waals surface area contributed by atoms with Crippen LogP contribution in [0.4, 0.5) is 0 Å². The van der Waals surface area contributed by atoms with Gasteiger partial charge >= 0.3 is 5.97 Å². The fourth-order valence-electron chi connectivity index (χ4n) is 0.967. The van der Waals surface area contributed by atoms with Crippen LogP contribution in [-0.4, -0.2) is 12.1 Å². The van der Waals surface area contributed by atoms with E-state index in [1.807, 2.05) is 19.9 Å². The largest absolute Gasteiger partial charge is 0.459 e. The Morgan fingerprint density at radius 3 is 2.60 bits per heavy atom. The molecule has 2 nitrogen and oxygen atoms in total. The predicted molar refractivity (Wildman–Crippen MR) is 38.5 cm³/mol. The minimum Gasteiger partial charge on any atom is -0.459 e. The summed E-state index contributed by atoms with van der Waals surface area (Å²) in [6.07, 6.45) is 1.99. The Bertz CT molecular complexity index is 182. The van der Waals surface area contributed by atoms with E-state index in [9.17, 15) is 4.79 Å². The van der Waals surface area contributed by atoms with E-state index >= 15 is 0 Å². The van der Waals surface area contributed by atoms with Gasteiger partial charge in [0.1, 0.15) is 6.10 Å². The van der Waals surface area contributed by atoms with E-state index < -0.39 is 0 Å². The van der Waals surface area contributed by atoms with E-state index in [1.165, 1.54) is 0 Å². The third kappa shape index (κ3) is 1.20. The molecular weight excluding hydrogens is 128 g/mol. The third-order valence-electron chi connectivity index (χ3n) is 1.87. The normalized spacial score (nSPS) is 33.1. The van der Waals surface area contributed by atoms with Gasteiger partial charge in [-0.1, -0.05) is 13.0 Å². The Morgan fingerprint density at radius 1 is 1.50 bits per heavy atom. The van der Waals surface area contributed by atoms with Crippen LogP contribution < -0.4 is 0 Å². The molecule has 1 rings (SSSR count). The number of rotatable bonds is 0. The van der Waals surface area contributed by atoms with Crippen molar-refractivity contribution in [2.75, 3.05) is 0 Å². The first-order valence-electron chi connectivity index (χ1n) is 3.50. The molecule has 2 atom stereocenters. The van der Waals surface area contributed by atoms with Crippen LogP contribution in [0.2, 0.25) is 0 Å². The highest BCUT2D eigenvalue weighted by Gasteiger charge is 2.21. The first-order valence-corrected chi connectivity index (χ1v) is 3.50. The van der Waals surface area contributed by atoms with Crippen molar-refractivity contribution < 1.29 is 9.53 Å². The smallest absolute Gasteiger partial charge is 0.333 e. The fourth-order valence-corrected chi connectivity index (χ4v) is 0.967. The molecule has 0 aromatic carbocycles. The number of ether oxygens (including phenoxy) is 1. The minimum atomic E-state index is -0.175. The van der Waals surface area contributed by atoms with Crippen molar-refractivity contribution >= 4 is 5.97 Å². The maximum absolute atomic E-state index is 10.9. The SMILES string of the molecule is CC1=CC(C)C(C)OC1=O. The monoisotopic (exact) mass is 140 g/mol. The Morgan fingerprint density at radius 2 is 2.10 bits per heavy atom. The molecule has 1 heterocycles. The van der Waals surface area contributed by atoms with Gasteiger partial charge in [0.25, 0.3) is 0 Å². The summed E-state index contributed by atoms with van der Waals surface area (Å²) < 4.78 is 5.00. The van der Waals surface area contributed by atoms with Crippen LogP contribution in [-0.2, 0) is 9.53 Å². The Kier molecular flexibility index (Phi) is 1.79. The second-order valence-electron chi connectivity index (χ2n) is 2.82. The van der Waals surface area contributed by atoms with E-state index in [1.54, 1.807) is 6.92 Å². The Balaban J connectivity index is 2.79. The van der Waals surface area contributed by atoms with E-state index in [0.717, 1.165) is 5.57 Å². The first-order chi connectivity index (χ1) is 4.61. The minimum absolute atomic E-state index is 0.0381. The average Bonchev–Trinajstić information content (AvgIpc) is 1.84. The van der Waals surface area contributed by atoms with Crippen molar-refractivity contribution in [3.05, 3.63) is 11.6 Å². The Hall–Kier alpha value is -0.790. The zero-order chi connectivity index (χ0) is 7.72. The zero-order valence-electron chi connectivity index (χ0n) is 6.55. The van der Waals surface area contributed by atoms with E-state index in [4.69, 9.17) is 4.74 Å². The van der Waals surface area contributed by atoms with Crippen LogP contribution in [0.1, 0.15) is 20.8 Å². The Labute approximate surface area is 60.9 Å². The maximum atomic E-state index is 10.9. The molecule has 0 aromatic heterocycles. The number of hydrogen-bond donors (Lipinski definition) is 0. The molecule has 2 heteroatoms. The molecule has 0 spiro atoms. The summed E-state index contributed by atoms with van der Waals surface area (Å²) in [5.41, 5.74) is 0.727. The molecule has 0 aromatic rings. The molecular formula is C8H12O2. The molecule has 0 radical (unpaired) electrons. The van der Waals surface area contributed by atoms with Crippen LogP contribution in [0.3, 0.4) is 0 Å². The third-order valence-corrected chi connectivity index (χ3v) is 1.87. The maximum Gasteiger partial charge on any atom is 0.333 e. The topological polar surface area (TPSA) is 26.3 Å².